The van der Waals surface area contributed by atoms with Gasteiger partial charge in [-0.15, -0.1) is 0 Å². The molecule has 0 amide bonds. The Morgan fingerprint density at radius 1 is 0.571 bits per heavy atom. The lowest BCUT2D eigenvalue weighted by atomic mass is 9.69. The average molecular weight is 689 g/mol. The molecule has 3 aliphatic carbocycles. The second-order valence-electron chi connectivity index (χ2n) is 14.8. The quantitative estimate of drug-likeness (QED) is 0.106. The van der Waals surface area contributed by atoms with Crippen molar-refractivity contribution in [2.45, 2.75) is 147 Å². The Morgan fingerprint density at radius 3 is 1.55 bits per heavy atom. The highest BCUT2D eigenvalue weighted by Gasteiger charge is 2.36. The van der Waals surface area contributed by atoms with Crippen molar-refractivity contribution in [3.63, 3.8) is 0 Å². The van der Waals surface area contributed by atoms with Gasteiger partial charge in [-0.05, 0) is 137 Å². The highest BCUT2D eigenvalue weighted by Crippen LogP contribution is 2.45. The third-order valence-corrected chi connectivity index (χ3v) is 11.5. The summed E-state index contributed by atoms with van der Waals surface area (Å²) in [7, 11) is 0. The summed E-state index contributed by atoms with van der Waals surface area (Å²) in [5, 5.41) is 0. The van der Waals surface area contributed by atoms with E-state index in [4.69, 9.17) is 14.2 Å². The standard InChI is InChI=1S/C41H56F4O4/c1-3-5-7-8-26-48-36-24-22-34(38(43)40(36)45)30-13-15-31(16-14-30)41(46)49-32-19-17-28(18-20-32)27-9-11-29(12-10-27)33-21-23-35(39(44)37(33)42)47-25-6-4-2/h21-24,27-32H,3-20,25-26H2,1-2H3. The number of carbonyl (C=O) groups is 1. The maximum absolute atomic E-state index is 15.0. The minimum Gasteiger partial charge on any atom is -0.490 e. The van der Waals surface area contributed by atoms with Gasteiger partial charge in [-0.2, -0.15) is 8.78 Å². The molecule has 2 aromatic carbocycles. The van der Waals surface area contributed by atoms with E-state index < -0.39 is 23.3 Å². The minimum atomic E-state index is -0.916. The van der Waals surface area contributed by atoms with Gasteiger partial charge in [0.25, 0.3) is 0 Å². The number of rotatable bonds is 15. The molecule has 0 spiro atoms. The van der Waals surface area contributed by atoms with Gasteiger partial charge < -0.3 is 14.2 Å². The fraction of sp³-hybridized carbons (Fsp3) is 0.683. The normalized spacial score (nSPS) is 25.9. The molecule has 3 fully saturated rings. The summed E-state index contributed by atoms with van der Waals surface area (Å²) in [6, 6.07) is 6.47. The summed E-state index contributed by atoms with van der Waals surface area (Å²) in [6.07, 6.45) is 15.6. The van der Waals surface area contributed by atoms with Crippen molar-refractivity contribution in [2.24, 2.45) is 17.8 Å². The summed E-state index contributed by atoms with van der Waals surface area (Å²) in [4.78, 5) is 13.1. The van der Waals surface area contributed by atoms with E-state index in [1.54, 1.807) is 24.3 Å². The Hall–Kier alpha value is -2.77. The molecule has 0 bridgehead atoms. The highest BCUT2D eigenvalue weighted by atomic mass is 19.2. The first-order chi connectivity index (χ1) is 23.8. The predicted octanol–water partition coefficient (Wildman–Crippen LogP) is 11.7. The van der Waals surface area contributed by atoms with Crippen molar-refractivity contribution in [1.29, 1.82) is 0 Å². The van der Waals surface area contributed by atoms with Crippen molar-refractivity contribution in [3.8, 4) is 11.5 Å². The van der Waals surface area contributed by atoms with Gasteiger partial charge in [-0.25, -0.2) is 8.78 Å². The van der Waals surface area contributed by atoms with Crippen LogP contribution in [0.5, 0.6) is 11.5 Å². The SMILES string of the molecule is CCCCCCOc1ccc(C2CCC(C(=O)OC3CCC(C4CCC(c5ccc(OCCCC)c(F)c5F)CC4)CC3)CC2)c(F)c1F. The Kier molecular flexibility index (Phi) is 14.1. The minimum absolute atomic E-state index is 0.000650. The van der Waals surface area contributed by atoms with E-state index in [1.807, 2.05) is 6.92 Å². The van der Waals surface area contributed by atoms with Crippen molar-refractivity contribution in [1.82, 2.24) is 0 Å². The van der Waals surface area contributed by atoms with Crippen LogP contribution < -0.4 is 9.47 Å². The lowest BCUT2D eigenvalue weighted by Gasteiger charge is -2.38. The van der Waals surface area contributed by atoms with Gasteiger partial charge >= 0.3 is 5.97 Å². The maximum atomic E-state index is 15.0. The van der Waals surface area contributed by atoms with Crippen LogP contribution in [0, 0.1) is 41.0 Å². The second kappa shape index (κ2) is 18.5. The zero-order valence-electron chi connectivity index (χ0n) is 29.6. The zero-order chi connectivity index (χ0) is 34.8. The molecule has 3 aliphatic rings. The van der Waals surface area contributed by atoms with Gasteiger partial charge in [0.1, 0.15) is 6.10 Å². The van der Waals surface area contributed by atoms with Gasteiger partial charge in [0.05, 0.1) is 19.1 Å². The van der Waals surface area contributed by atoms with Gasteiger partial charge in [0.2, 0.25) is 11.6 Å². The number of hydrogen-bond acceptors (Lipinski definition) is 4. The van der Waals surface area contributed by atoms with E-state index in [-0.39, 0.29) is 41.3 Å². The van der Waals surface area contributed by atoms with Crippen molar-refractivity contribution < 1.29 is 36.6 Å². The third kappa shape index (κ3) is 9.72. The van der Waals surface area contributed by atoms with E-state index in [0.717, 1.165) is 89.9 Å². The molecule has 4 nitrogen and oxygen atoms in total. The van der Waals surface area contributed by atoms with Crippen LogP contribution >= 0.6 is 0 Å². The zero-order valence-corrected chi connectivity index (χ0v) is 29.6. The van der Waals surface area contributed by atoms with Crippen molar-refractivity contribution in [2.75, 3.05) is 13.2 Å². The molecule has 0 unspecified atom stereocenters. The summed E-state index contributed by atoms with van der Waals surface area (Å²) < 4.78 is 76.4. The number of unbranched alkanes of at least 4 members (excludes halogenated alkanes) is 4. The summed E-state index contributed by atoms with van der Waals surface area (Å²) >= 11 is 0. The molecule has 0 aromatic heterocycles. The number of benzene rings is 2. The van der Waals surface area contributed by atoms with Crippen LogP contribution in [-0.4, -0.2) is 25.3 Å². The fourth-order valence-corrected chi connectivity index (χ4v) is 8.46. The van der Waals surface area contributed by atoms with E-state index in [1.165, 1.54) is 0 Å². The Balaban J connectivity index is 1.01. The summed E-state index contributed by atoms with van der Waals surface area (Å²) in [6.45, 7) is 4.91. The van der Waals surface area contributed by atoms with Gasteiger partial charge in [-0.3, -0.25) is 4.79 Å². The topological polar surface area (TPSA) is 44.8 Å². The van der Waals surface area contributed by atoms with Gasteiger partial charge in [0, 0.05) is 0 Å². The number of carbonyl (C=O) groups excluding carboxylic acids is 1. The number of hydrogen-bond donors (Lipinski definition) is 0. The molecular formula is C41H56F4O4. The molecule has 49 heavy (non-hydrogen) atoms. The number of halogens is 4. The van der Waals surface area contributed by atoms with Crippen LogP contribution in [-0.2, 0) is 9.53 Å². The predicted molar refractivity (Wildman–Crippen MR) is 184 cm³/mol. The van der Waals surface area contributed by atoms with Crippen LogP contribution in [0.4, 0.5) is 17.6 Å². The lowest BCUT2D eigenvalue weighted by Crippen LogP contribution is -2.32. The fourth-order valence-electron chi connectivity index (χ4n) is 8.46. The lowest BCUT2D eigenvalue weighted by molar-refractivity contribution is -0.157. The van der Waals surface area contributed by atoms with Gasteiger partial charge in [-0.1, -0.05) is 51.7 Å². The van der Waals surface area contributed by atoms with E-state index in [2.05, 4.69) is 6.92 Å². The molecule has 2 aromatic rings. The van der Waals surface area contributed by atoms with Crippen molar-refractivity contribution in [3.05, 3.63) is 58.7 Å². The molecule has 3 saturated carbocycles. The molecule has 0 N–H and O–H groups in total. The third-order valence-electron chi connectivity index (χ3n) is 11.5. The average Bonchev–Trinajstić information content (AvgIpc) is 3.12. The summed E-state index contributed by atoms with van der Waals surface area (Å²) in [5.41, 5.74) is 0.842. The second-order valence-corrected chi connectivity index (χ2v) is 14.8. The highest BCUT2D eigenvalue weighted by molar-refractivity contribution is 5.72. The molecule has 5 rings (SSSR count). The number of esters is 1. The molecule has 0 radical (unpaired) electrons. The Morgan fingerprint density at radius 2 is 1.04 bits per heavy atom. The molecule has 0 heterocycles. The first-order valence-corrected chi connectivity index (χ1v) is 19.2. The van der Waals surface area contributed by atoms with Crippen LogP contribution in [0.2, 0.25) is 0 Å². The van der Waals surface area contributed by atoms with Crippen molar-refractivity contribution >= 4 is 5.97 Å². The Bertz CT molecular complexity index is 1340. The van der Waals surface area contributed by atoms with Crippen LogP contribution in [0.3, 0.4) is 0 Å². The first kappa shape index (κ1) is 37.5. The van der Waals surface area contributed by atoms with E-state index >= 15 is 4.39 Å². The Labute approximate surface area is 290 Å². The smallest absolute Gasteiger partial charge is 0.309 e. The summed E-state index contributed by atoms with van der Waals surface area (Å²) in [5.74, 6) is -2.74. The molecular weight excluding hydrogens is 632 g/mol. The number of ether oxygens (including phenoxy) is 3. The van der Waals surface area contributed by atoms with Crippen LogP contribution in [0.25, 0.3) is 0 Å². The van der Waals surface area contributed by atoms with Gasteiger partial charge in [0.15, 0.2) is 23.1 Å². The largest absolute Gasteiger partial charge is 0.490 e. The molecule has 0 atom stereocenters. The molecule has 0 saturated heterocycles. The van der Waals surface area contributed by atoms with E-state index in [0.29, 0.717) is 61.9 Å². The monoisotopic (exact) mass is 688 g/mol. The van der Waals surface area contributed by atoms with Crippen LogP contribution in [0.1, 0.15) is 152 Å². The van der Waals surface area contributed by atoms with E-state index in [9.17, 15) is 18.0 Å². The molecule has 8 heteroatoms. The first-order valence-electron chi connectivity index (χ1n) is 19.2. The van der Waals surface area contributed by atoms with Crippen LogP contribution in [0.15, 0.2) is 24.3 Å². The molecule has 272 valence electrons. The molecule has 0 aliphatic heterocycles. The maximum Gasteiger partial charge on any atom is 0.309 e.